The molecule has 164 valence electrons. The van der Waals surface area contributed by atoms with Gasteiger partial charge in [-0.25, -0.2) is 13.9 Å². The van der Waals surface area contributed by atoms with Gasteiger partial charge in [0.2, 0.25) is 0 Å². The topological polar surface area (TPSA) is 115 Å². The first-order valence-corrected chi connectivity index (χ1v) is 12.0. The Hall–Kier alpha value is -1.87. The molecule has 9 heteroatoms. The third kappa shape index (κ3) is 6.30. The van der Waals surface area contributed by atoms with Gasteiger partial charge < -0.3 is 9.30 Å². The number of ether oxygens (including phenoxy) is 1. The Kier molecular flexibility index (Phi) is 8.27. The Bertz CT molecular complexity index is 845. The number of carbonyl (C=O) groups excluding carboxylic acids is 1. The fraction of sp³-hybridized carbons (Fsp3) is 0.700. The zero-order chi connectivity index (χ0) is 21.5. The van der Waals surface area contributed by atoms with Gasteiger partial charge in [-0.1, -0.05) is 32.1 Å². The molecule has 1 atom stereocenters. The summed E-state index contributed by atoms with van der Waals surface area (Å²) in [5.74, 6) is 0.250. The highest BCUT2D eigenvalue weighted by atomic mass is 32.2. The second-order valence-corrected chi connectivity index (χ2v) is 10.5. The number of hydrogen-bond acceptors (Lipinski definition) is 6. The lowest BCUT2D eigenvalue weighted by molar-refractivity contribution is -0.131. The molecule has 1 aromatic heterocycles. The molecular formula is C20H32N2O6S. The number of nitrogens with one attached hydrogen (secondary N) is 1. The van der Waals surface area contributed by atoms with E-state index in [0.717, 1.165) is 25.0 Å². The third-order valence-electron chi connectivity index (χ3n) is 5.95. The summed E-state index contributed by atoms with van der Waals surface area (Å²) in [5.41, 5.74) is 1.06. The Morgan fingerprint density at radius 3 is 2.62 bits per heavy atom. The van der Waals surface area contributed by atoms with Crippen LogP contribution in [0.25, 0.3) is 0 Å². The fourth-order valence-electron chi connectivity index (χ4n) is 3.72. The number of pyridine rings is 1. The monoisotopic (exact) mass is 428 g/mol. The van der Waals surface area contributed by atoms with E-state index in [1.807, 2.05) is 0 Å². The molecule has 0 radical (unpaired) electrons. The normalized spacial score (nSPS) is 17.5. The van der Waals surface area contributed by atoms with Crippen LogP contribution in [0.3, 0.4) is 0 Å². The van der Waals surface area contributed by atoms with Gasteiger partial charge in [-0.3, -0.25) is 14.8 Å². The molecule has 29 heavy (non-hydrogen) atoms. The summed E-state index contributed by atoms with van der Waals surface area (Å²) >= 11 is 0. The molecular weight excluding hydrogens is 396 g/mol. The van der Waals surface area contributed by atoms with Crippen molar-refractivity contribution < 1.29 is 23.2 Å². The minimum atomic E-state index is -3.80. The molecule has 1 aliphatic rings. The largest absolute Gasteiger partial charge is 0.493 e. The van der Waals surface area contributed by atoms with E-state index >= 15 is 0 Å². The number of nitrogens with zero attached hydrogens (tertiary/aromatic N) is 1. The number of amides is 1. The third-order valence-corrected chi connectivity index (χ3v) is 7.97. The summed E-state index contributed by atoms with van der Waals surface area (Å²) in [7, 11) is -3.80. The van der Waals surface area contributed by atoms with Gasteiger partial charge in [-0.05, 0) is 38.2 Å². The van der Waals surface area contributed by atoms with Gasteiger partial charge >= 0.3 is 0 Å². The van der Waals surface area contributed by atoms with Crippen molar-refractivity contribution >= 4 is 15.7 Å². The fourth-order valence-corrected chi connectivity index (χ4v) is 4.57. The van der Waals surface area contributed by atoms with E-state index in [1.54, 1.807) is 6.07 Å². The average Bonchev–Trinajstić information content (AvgIpc) is 2.69. The van der Waals surface area contributed by atoms with Crippen molar-refractivity contribution in [1.29, 1.82) is 0 Å². The van der Waals surface area contributed by atoms with Gasteiger partial charge in [0.1, 0.15) is 5.75 Å². The number of hydrogen-bond donors (Lipinski definition) is 2. The first kappa shape index (κ1) is 23.4. The van der Waals surface area contributed by atoms with Crippen molar-refractivity contribution in [3.8, 4) is 5.75 Å². The van der Waals surface area contributed by atoms with Crippen molar-refractivity contribution in [3.63, 3.8) is 0 Å². The smallest absolute Gasteiger partial charge is 0.264 e. The first-order chi connectivity index (χ1) is 13.7. The van der Waals surface area contributed by atoms with Gasteiger partial charge in [-0.2, -0.15) is 0 Å². The number of rotatable bonds is 10. The molecule has 1 aromatic rings. The summed E-state index contributed by atoms with van der Waals surface area (Å²) in [6.07, 6.45) is 11.0. The number of sulfone groups is 1. The lowest BCUT2D eigenvalue weighted by Gasteiger charge is -2.25. The van der Waals surface area contributed by atoms with Crippen LogP contribution in [-0.4, -0.2) is 41.7 Å². The van der Waals surface area contributed by atoms with Crippen molar-refractivity contribution in [2.75, 3.05) is 12.9 Å². The quantitative estimate of drug-likeness (QED) is 0.336. The molecule has 0 spiro atoms. The molecule has 8 nitrogen and oxygen atoms in total. The Morgan fingerprint density at radius 1 is 1.34 bits per heavy atom. The molecule has 1 aliphatic carbocycles. The molecule has 0 aliphatic heterocycles. The molecule has 2 rings (SSSR count). The maximum absolute atomic E-state index is 12.3. The van der Waals surface area contributed by atoms with Crippen LogP contribution in [0.4, 0.5) is 0 Å². The van der Waals surface area contributed by atoms with Gasteiger partial charge in [0, 0.05) is 25.1 Å². The molecule has 1 amide bonds. The Labute approximate surface area is 172 Å². The highest BCUT2D eigenvalue weighted by molar-refractivity contribution is 7.92. The van der Waals surface area contributed by atoms with E-state index in [1.165, 1.54) is 61.3 Å². The van der Waals surface area contributed by atoms with Crippen LogP contribution in [0.5, 0.6) is 5.75 Å². The highest BCUT2D eigenvalue weighted by Gasteiger charge is 2.43. The van der Waals surface area contributed by atoms with Crippen LogP contribution in [0.2, 0.25) is 0 Å². The van der Waals surface area contributed by atoms with E-state index < -0.39 is 20.5 Å². The van der Waals surface area contributed by atoms with E-state index in [4.69, 9.17) is 9.94 Å². The van der Waals surface area contributed by atoms with Gasteiger partial charge in [0.05, 0.1) is 6.61 Å². The minimum Gasteiger partial charge on any atom is -0.493 e. The molecule has 0 aromatic carbocycles. The number of aromatic nitrogens is 1. The average molecular weight is 429 g/mol. The van der Waals surface area contributed by atoms with E-state index in [2.05, 4.69) is 0 Å². The molecule has 1 saturated carbocycles. The van der Waals surface area contributed by atoms with Crippen molar-refractivity contribution in [3.05, 3.63) is 28.7 Å². The maximum Gasteiger partial charge on any atom is 0.264 e. The maximum atomic E-state index is 12.3. The molecule has 2 N–H and O–H groups in total. The predicted molar refractivity (Wildman–Crippen MR) is 110 cm³/mol. The zero-order valence-corrected chi connectivity index (χ0v) is 18.0. The first-order valence-electron chi connectivity index (χ1n) is 10.1. The molecule has 0 saturated heterocycles. The molecule has 1 heterocycles. The SMILES string of the molecule is CC(CCn1ccc(OCCCC2CCCCC2)cc1=O)(C(=O)NO)S(C)(=O)=O. The Balaban J connectivity index is 1.90. The van der Waals surface area contributed by atoms with Crippen molar-refractivity contribution in [2.45, 2.75) is 69.6 Å². The lowest BCUT2D eigenvalue weighted by atomic mass is 9.86. The number of carbonyl (C=O) groups is 1. The van der Waals surface area contributed by atoms with E-state index in [9.17, 15) is 18.0 Å². The van der Waals surface area contributed by atoms with Crippen LogP contribution in [-0.2, 0) is 21.2 Å². The highest BCUT2D eigenvalue weighted by Crippen LogP contribution is 2.27. The van der Waals surface area contributed by atoms with Gasteiger partial charge in [0.15, 0.2) is 14.6 Å². The molecule has 1 fully saturated rings. The van der Waals surface area contributed by atoms with Gasteiger partial charge in [-0.15, -0.1) is 0 Å². The molecule has 0 bridgehead atoms. The van der Waals surface area contributed by atoms with Crippen LogP contribution in [0, 0.1) is 5.92 Å². The lowest BCUT2D eigenvalue weighted by Crippen LogP contribution is -2.49. The summed E-state index contributed by atoms with van der Waals surface area (Å²) in [6, 6.07) is 3.02. The van der Waals surface area contributed by atoms with Crippen molar-refractivity contribution in [2.24, 2.45) is 5.92 Å². The number of hydroxylamine groups is 1. The standard InChI is InChI=1S/C20H32N2O6S/c1-20(19(24)21-25,29(2,26)27)11-13-22-12-10-17(15-18(22)23)28-14-6-9-16-7-4-3-5-8-16/h10,12,15-16,25H,3-9,11,13-14H2,1-2H3,(H,21,24). The van der Waals surface area contributed by atoms with Crippen LogP contribution in [0.1, 0.15) is 58.3 Å². The van der Waals surface area contributed by atoms with Crippen LogP contribution in [0.15, 0.2) is 23.1 Å². The number of aryl methyl sites for hydroxylation is 1. The van der Waals surface area contributed by atoms with E-state index in [0.29, 0.717) is 12.4 Å². The summed E-state index contributed by atoms with van der Waals surface area (Å²) in [4.78, 5) is 24.2. The molecule has 1 unspecified atom stereocenters. The summed E-state index contributed by atoms with van der Waals surface area (Å²) in [5, 5.41) is 8.86. The van der Waals surface area contributed by atoms with Crippen LogP contribution >= 0.6 is 0 Å². The summed E-state index contributed by atoms with van der Waals surface area (Å²) < 4.78 is 29.2. The minimum absolute atomic E-state index is 0.0117. The van der Waals surface area contributed by atoms with Crippen LogP contribution < -0.4 is 15.8 Å². The second kappa shape index (κ2) is 10.2. The summed E-state index contributed by atoms with van der Waals surface area (Å²) in [6.45, 7) is 1.79. The van der Waals surface area contributed by atoms with Gasteiger partial charge in [0.25, 0.3) is 11.5 Å². The predicted octanol–water partition coefficient (Wildman–Crippen LogP) is 2.29. The second-order valence-electron chi connectivity index (χ2n) is 8.08. The van der Waals surface area contributed by atoms with E-state index in [-0.39, 0.29) is 18.5 Å². The Morgan fingerprint density at radius 2 is 2.03 bits per heavy atom. The van der Waals surface area contributed by atoms with Crippen molar-refractivity contribution in [1.82, 2.24) is 10.0 Å². The zero-order valence-electron chi connectivity index (χ0n) is 17.2.